The molecule has 0 aliphatic rings. The maximum absolute atomic E-state index is 12.3. The maximum atomic E-state index is 12.3. The molecule has 0 saturated carbocycles. The summed E-state index contributed by atoms with van der Waals surface area (Å²) in [4.78, 5) is 12.3. The number of nitrogens with zero attached hydrogens (tertiary/aromatic N) is 2. The Morgan fingerprint density at radius 1 is 1.39 bits per heavy atom. The van der Waals surface area contributed by atoms with Gasteiger partial charge in [-0.1, -0.05) is 22.9 Å². The molecular weight excluding hydrogens is 360 g/mol. The first-order valence-corrected chi connectivity index (χ1v) is 7.22. The number of aromatic nitrogens is 2. The van der Waals surface area contributed by atoms with Crippen molar-refractivity contribution in [1.82, 2.24) is 9.78 Å². The van der Waals surface area contributed by atoms with Crippen LogP contribution < -0.4 is 0 Å². The molecule has 0 atom stereocenters. The van der Waals surface area contributed by atoms with Gasteiger partial charge in [-0.3, -0.25) is 9.48 Å². The summed E-state index contributed by atoms with van der Waals surface area (Å²) in [6, 6.07) is 5.52. The highest BCUT2D eigenvalue weighted by Gasteiger charge is 2.14. The number of rotatable bonds is 4. The van der Waals surface area contributed by atoms with Gasteiger partial charge in [0, 0.05) is 27.3 Å². The SMILES string of the molecule is CCCn1cc(C(=O)c2ccc(Br)cc2Br)cn1. The minimum absolute atomic E-state index is 0.0169. The van der Waals surface area contributed by atoms with Gasteiger partial charge < -0.3 is 0 Å². The molecule has 2 rings (SSSR count). The van der Waals surface area contributed by atoms with E-state index in [1.807, 2.05) is 12.1 Å². The van der Waals surface area contributed by atoms with Crippen molar-refractivity contribution >= 4 is 37.6 Å². The number of carbonyl (C=O) groups is 1. The van der Waals surface area contributed by atoms with Crippen molar-refractivity contribution in [2.75, 3.05) is 0 Å². The molecule has 0 amide bonds. The van der Waals surface area contributed by atoms with Gasteiger partial charge in [-0.15, -0.1) is 0 Å². The Morgan fingerprint density at radius 2 is 2.17 bits per heavy atom. The Labute approximate surface area is 122 Å². The Morgan fingerprint density at radius 3 is 2.83 bits per heavy atom. The fraction of sp³-hybridized carbons (Fsp3) is 0.231. The summed E-state index contributed by atoms with van der Waals surface area (Å²) in [7, 11) is 0. The lowest BCUT2D eigenvalue weighted by atomic mass is 10.1. The Balaban J connectivity index is 2.29. The molecule has 5 heteroatoms. The molecule has 1 heterocycles. The lowest BCUT2D eigenvalue weighted by molar-refractivity contribution is 0.103. The van der Waals surface area contributed by atoms with Crippen molar-refractivity contribution in [2.45, 2.75) is 19.9 Å². The fourth-order valence-corrected chi connectivity index (χ4v) is 2.89. The summed E-state index contributed by atoms with van der Waals surface area (Å²) < 4.78 is 3.51. The van der Waals surface area contributed by atoms with Crippen LogP contribution in [0.15, 0.2) is 39.5 Å². The first-order valence-electron chi connectivity index (χ1n) is 5.64. The van der Waals surface area contributed by atoms with Crippen molar-refractivity contribution in [1.29, 1.82) is 0 Å². The average Bonchev–Trinajstić information content (AvgIpc) is 2.77. The summed E-state index contributed by atoms with van der Waals surface area (Å²) in [5.41, 5.74) is 1.26. The number of hydrogen-bond acceptors (Lipinski definition) is 2. The van der Waals surface area contributed by atoms with Crippen molar-refractivity contribution in [2.24, 2.45) is 0 Å². The maximum Gasteiger partial charge on any atom is 0.197 e. The van der Waals surface area contributed by atoms with E-state index in [0.717, 1.165) is 21.9 Å². The highest BCUT2D eigenvalue weighted by Crippen LogP contribution is 2.24. The fourth-order valence-electron chi connectivity index (χ4n) is 1.66. The van der Waals surface area contributed by atoms with Crippen LogP contribution >= 0.6 is 31.9 Å². The van der Waals surface area contributed by atoms with Gasteiger partial charge in [0.05, 0.1) is 11.8 Å². The molecule has 1 aromatic carbocycles. The van der Waals surface area contributed by atoms with Gasteiger partial charge >= 0.3 is 0 Å². The highest BCUT2D eigenvalue weighted by atomic mass is 79.9. The molecule has 94 valence electrons. The van der Waals surface area contributed by atoms with Crippen LogP contribution in [0.1, 0.15) is 29.3 Å². The van der Waals surface area contributed by atoms with Crippen LogP contribution in [-0.4, -0.2) is 15.6 Å². The number of ketones is 1. The number of benzene rings is 1. The van der Waals surface area contributed by atoms with Gasteiger partial charge in [0.2, 0.25) is 0 Å². The number of aryl methyl sites for hydroxylation is 1. The number of hydrogen-bond donors (Lipinski definition) is 0. The summed E-state index contributed by atoms with van der Waals surface area (Å²) in [5, 5.41) is 4.17. The Kier molecular flexibility index (Phi) is 4.35. The van der Waals surface area contributed by atoms with Crippen LogP contribution in [0, 0.1) is 0 Å². The zero-order valence-corrected chi connectivity index (χ0v) is 13.0. The predicted octanol–water partition coefficient (Wildman–Crippen LogP) is 4.05. The molecule has 0 bridgehead atoms. The van der Waals surface area contributed by atoms with Gasteiger partial charge in [0.1, 0.15) is 0 Å². The summed E-state index contributed by atoms with van der Waals surface area (Å²) >= 11 is 6.77. The molecule has 3 nitrogen and oxygen atoms in total. The van der Waals surface area contributed by atoms with E-state index in [-0.39, 0.29) is 5.78 Å². The molecule has 0 spiro atoms. The lowest BCUT2D eigenvalue weighted by Crippen LogP contribution is -2.01. The first-order chi connectivity index (χ1) is 8.61. The molecule has 0 aliphatic carbocycles. The number of carbonyl (C=O) groups excluding carboxylic acids is 1. The first kappa shape index (κ1) is 13.5. The van der Waals surface area contributed by atoms with Crippen molar-refractivity contribution < 1.29 is 4.79 Å². The second-order valence-electron chi connectivity index (χ2n) is 3.95. The minimum Gasteiger partial charge on any atom is -0.288 e. The second-order valence-corrected chi connectivity index (χ2v) is 5.72. The lowest BCUT2D eigenvalue weighted by Gasteiger charge is -2.02. The quantitative estimate of drug-likeness (QED) is 0.760. The molecule has 1 aromatic heterocycles. The van der Waals surface area contributed by atoms with Crippen LogP contribution in [0.25, 0.3) is 0 Å². The largest absolute Gasteiger partial charge is 0.288 e. The summed E-state index contributed by atoms with van der Waals surface area (Å²) in [5.74, 6) is -0.0169. The molecule has 18 heavy (non-hydrogen) atoms. The third-order valence-electron chi connectivity index (χ3n) is 2.52. The topological polar surface area (TPSA) is 34.9 Å². The Hall–Kier alpha value is -0.940. The average molecular weight is 372 g/mol. The van der Waals surface area contributed by atoms with Crippen LogP contribution in [0.2, 0.25) is 0 Å². The van der Waals surface area contributed by atoms with Crippen molar-refractivity contribution in [3.8, 4) is 0 Å². The molecule has 0 saturated heterocycles. The van der Waals surface area contributed by atoms with Crippen LogP contribution in [0.3, 0.4) is 0 Å². The van der Waals surface area contributed by atoms with E-state index in [2.05, 4.69) is 43.9 Å². The molecular formula is C13H12Br2N2O. The van der Waals surface area contributed by atoms with Crippen LogP contribution in [-0.2, 0) is 6.54 Å². The standard InChI is InChI=1S/C13H12Br2N2O/c1-2-5-17-8-9(7-16-17)13(18)11-4-3-10(14)6-12(11)15/h3-4,6-8H,2,5H2,1H3. The molecule has 0 unspecified atom stereocenters. The van der Waals surface area contributed by atoms with E-state index in [0.29, 0.717) is 11.1 Å². The highest BCUT2D eigenvalue weighted by molar-refractivity contribution is 9.11. The van der Waals surface area contributed by atoms with Crippen molar-refractivity contribution in [3.05, 3.63) is 50.7 Å². The van der Waals surface area contributed by atoms with E-state index >= 15 is 0 Å². The Bertz CT molecular complexity index is 578. The normalized spacial score (nSPS) is 10.6. The third kappa shape index (κ3) is 2.90. The van der Waals surface area contributed by atoms with Gasteiger partial charge in [0.25, 0.3) is 0 Å². The number of halogens is 2. The van der Waals surface area contributed by atoms with Crippen LogP contribution in [0.4, 0.5) is 0 Å². The van der Waals surface area contributed by atoms with Gasteiger partial charge in [0.15, 0.2) is 5.78 Å². The smallest absolute Gasteiger partial charge is 0.197 e. The molecule has 2 aromatic rings. The van der Waals surface area contributed by atoms with Crippen LogP contribution in [0.5, 0.6) is 0 Å². The van der Waals surface area contributed by atoms with Gasteiger partial charge in [-0.05, 0) is 40.5 Å². The molecule has 0 radical (unpaired) electrons. The minimum atomic E-state index is -0.0169. The zero-order chi connectivity index (χ0) is 13.1. The van der Waals surface area contributed by atoms with E-state index < -0.39 is 0 Å². The van der Waals surface area contributed by atoms with E-state index in [4.69, 9.17) is 0 Å². The van der Waals surface area contributed by atoms with Crippen molar-refractivity contribution in [3.63, 3.8) is 0 Å². The predicted molar refractivity (Wildman–Crippen MR) is 77.8 cm³/mol. The third-order valence-corrected chi connectivity index (χ3v) is 3.67. The molecule has 0 fully saturated rings. The van der Waals surface area contributed by atoms with Gasteiger partial charge in [-0.25, -0.2) is 0 Å². The molecule has 0 aliphatic heterocycles. The summed E-state index contributed by atoms with van der Waals surface area (Å²) in [6.45, 7) is 2.91. The zero-order valence-electron chi connectivity index (χ0n) is 9.86. The van der Waals surface area contributed by atoms with E-state index in [1.165, 1.54) is 0 Å². The van der Waals surface area contributed by atoms with Gasteiger partial charge in [-0.2, -0.15) is 5.10 Å². The van der Waals surface area contributed by atoms with E-state index in [9.17, 15) is 4.79 Å². The van der Waals surface area contributed by atoms with E-state index in [1.54, 1.807) is 23.1 Å². The second kappa shape index (κ2) is 5.80. The monoisotopic (exact) mass is 370 g/mol. The summed E-state index contributed by atoms with van der Waals surface area (Å²) in [6.07, 6.45) is 4.41. The molecule has 0 N–H and O–H groups in total.